The van der Waals surface area contributed by atoms with Gasteiger partial charge < -0.3 is 20.9 Å². The summed E-state index contributed by atoms with van der Waals surface area (Å²) in [5.74, 6) is 0.336. The van der Waals surface area contributed by atoms with Gasteiger partial charge in [-0.1, -0.05) is 48.3 Å². The predicted molar refractivity (Wildman–Crippen MR) is 127 cm³/mol. The zero-order valence-electron chi connectivity index (χ0n) is 17.6. The van der Waals surface area contributed by atoms with E-state index in [0.29, 0.717) is 41.3 Å². The van der Waals surface area contributed by atoms with Gasteiger partial charge in [0.15, 0.2) is 0 Å². The van der Waals surface area contributed by atoms with Crippen molar-refractivity contribution in [2.45, 2.75) is 32.1 Å². The Balaban J connectivity index is 1.49. The van der Waals surface area contributed by atoms with Crippen LogP contribution < -0.4 is 16.0 Å². The third kappa shape index (κ3) is 6.60. The van der Waals surface area contributed by atoms with Crippen molar-refractivity contribution in [1.82, 2.24) is 10.2 Å². The second kappa shape index (κ2) is 11.4. The first-order valence-electron chi connectivity index (χ1n) is 10.6. The smallest absolute Gasteiger partial charge is 0.321 e. The van der Waals surface area contributed by atoms with Crippen molar-refractivity contribution in [2.24, 2.45) is 0 Å². The Morgan fingerprint density at radius 3 is 2.26 bits per heavy atom. The summed E-state index contributed by atoms with van der Waals surface area (Å²) in [6, 6.07) is 12.9. The standard InChI is InChI=1S/C23H28Cl2N4O2/c1-2-12-26-15-21(30)27-18-8-6-16(7-9-18)17-10-13-29(14-11-17)23(31)28-22-19(24)4-3-5-20(22)25/h3-9,17,26H,2,10-15H2,1H3,(H,27,30)(H,28,31). The van der Waals surface area contributed by atoms with Crippen molar-refractivity contribution >= 4 is 46.5 Å². The summed E-state index contributed by atoms with van der Waals surface area (Å²) < 4.78 is 0. The number of benzene rings is 2. The van der Waals surface area contributed by atoms with Crippen LogP contribution in [0.1, 0.15) is 37.7 Å². The average Bonchev–Trinajstić information content (AvgIpc) is 2.77. The topological polar surface area (TPSA) is 73.5 Å². The molecule has 1 aliphatic heterocycles. The quantitative estimate of drug-likeness (QED) is 0.485. The van der Waals surface area contributed by atoms with Crippen molar-refractivity contribution in [3.05, 3.63) is 58.1 Å². The molecular formula is C23H28Cl2N4O2. The van der Waals surface area contributed by atoms with E-state index in [1.165, 1.54) is 5.56 Å². The zero-order chi connectivity index (χ0) is 22.2. The van der Waals surface area contributed by atoms with Gasteiger partial charge in [-0.25, -0.2) is 4.79 Å². The maximum atomic E-state index is 12.6. The fraction of sp³-hybridized carbons (Fsp3) is 0.391. The number of carbonyl (C=O) groups excluding carboxylic acids is 2. The van der Waals surface area contributed by atoms with Crippen LogP contribution in [0.5, 0.6) is 0 Å². The van der Waals surface area contributed by atoms with E-state index in [4.69, 9.17) is 23.2 Å². The van der Waals surface area contributed by atoms with Crippen molar-refractivity contribution in [2.75, 3.05) is 36.8 Å². The van der Waals surface area contributed by atoms with Crippen LogP contribution in [0, 0.1) is 0 Å². The number of urea groups is 1. The van der Waals surface area contributed by atoms with E-state index < -0.39 is 0 Å². The minimum Gasteiger partial charge on any atom is -0.325 e. The molecule has 0 aliphatic carbocycles. The first kappa shape index (κ1) is 23.4. The zero-order valence-corrected chi connectivity index (χ0v) is 19.1. The number of nitrogens with one attached hydrogen (secondary N) is 3. The van der Waals surface area contributed by atoms with E-state index in [2.05, 4.69) is 35.0 Å². The van der Waals surface area contributed by atoms with Crippen molar-refractivity contribution in [1.29, 1.82) is 0 Å². The number of amides is 3. The summed E-state index contributed by atoms with van der Waals surface area (Å²) in [5, 5.41) is 9.65. The molecule has 0 radical (unpaired) electrons. The third-order valence-electron chi connectivity index (χ3n) is 5.36. The number of carbonyl (C=O) groups is 2. The Kier molecular flexibility index (Phi) is 8.58. The van der Waals surface area contributed by atoms with Gasteiger partial charge in [-0.05, 0) is 61.6 Å². The number of halogens is 2. The van der Waals surface area contributed by atoms with Gasteiger partial charge in [-0.2, -0.15) is 0 Å². The highest BCUT2D eigenvalue weighted by Gasteiger charge is 2.24. The fourth-order valence-corrected chi connectivity index (χ4v) is 4.13. The third-order valence-corrected chi connectivity index (χ3v) is 5.98. The van der Waals surface area contributed by atoms with Crippen molar-refractivity contribution in [3.63, 3.8) is 0 Å². The van der Waals surface area contributed by atoms with Crippen LogP contribution in [0.2, 0.25) is 10.0 Å². The summed E-state index contributed by atoms with van der Waals surface area (Å²) in [5.41, 5.74) is 2.46. The molecule has 3 rings (SSSR count). The molecule has 0 spiro atoms. The lowest BCUT2D eigenvalue weighted by molar-refractivity contribution is -0.115. The maximum absolute atomic E-state index is 12.6. The van der Waals surface area contributed by atoms with E-state index in [-0.39, 0.29) is 11.9 Å². The Morgan fingerprint density at radius 2 is 1.65 bits per heavy atom. The number of piperidine rings is 1. The van der Waals surface area contributed by atoms with Gasteiger partial charge >= 0.3 is 6.03 Å². The number of hydrogen-bond donors (Lipinski definition) is 3. The van der Waals surface area contributed by atoms with E-state index >= 15 is 0 Å². The Morgan fingerprint density at radius 1 is 1.00 bits per heavy atom. The van der Waals surface area contributed by atoms with Crippen molar-refractivity contribution < 1.29 is 9.59 Å². The average molecular weight is 463 g/mol. The Hall–Kier alpha value is -2.28. The van der Waals surface area contributed by atoms with Crippen LogP contribution in [-0.2, 0) is 4.79 Å². The molecule has 1 heterocycles. The lowest BCUT2D eigenvalue weighted by Gasteiger charge is -2.32. The van der Waals surface area contributed by atoms with Crippen LogP contribution in [0.4, 0.5) is 16.2 Å². The second-order valence-corrected chi connectivity index (χ2v) is 8.45. The molecule has 1 aliphatic rings. The molecule has 8 heteroatoms. The largest absolute Gasteiger partial charge is 0.325 e. The number of anilines is 2. The molecule has 0 unspecified atom stereocenters. The minimum atomic E-state index is -0.191. The first-order valence-corrected chi connectivity index (χ1v) is 11.3. The number of rotatable bonds is 7. The van der Waals surface area contributed by atoms with Gasteiger partial charge in [0.2, 0.25) is 5.91 Å². The minimum absolute atomic E-state index is 0.0425. The van der Waals surface area contributed by atoms with Crippen LogP contribution in [0.3, 0.4) is 0 Å². The summed E-state index contributed by atoms with van der Waals surface area (Å²) in [4.78, 5) is 26.3. The van der Waals surface area contributed by atoms with Crippen LogP contribution in [-0.4, -0.2) is 43.0 Å². The van der Waals surface area contributed by atoms with Gasteiger partial charge in [-0.3, -0.25) is 4.79 Å². The molecule has 2 aromatic carbocycles. The summed E-state index contributed by atoms with van der Waals surface area (Å²) in [6.07, 6.45) is 2.74. The Bertz CT molecular complexity index is 877. The first-order chi connectivity index (χ1) is 15.0. The van der Waals surface area contributed by atoms with E-state index in [9.17, 15) is 9.59 Å². The van der Waals surface area contributed by atoms with Gasteiger partial charge in [-0.15, -0.1) is 0 Å². The Labute approximate surface area is 193 Å². The molecule has 3 amide bonds. The van der Waals surface area contributed by atoms with Gasteiger partial charge in [0.1, 0.15) is 0 Å². The van der Waals surface area contributed by atoms with E-state index in [1.54, 1.807) is 23.1 Å². The molecule has 0 saturated carbocycles. The molecule has 6 nitrogen and oxygen atoms in total. The normalized spacial score (nSPS) is 14.4. The molecule has 1 fully saturated rings. The highest BCUT2D eigenvalue weighted by molar-refractivity contribution is 6.39. The van der Waals surface area contributed by atoms with Gasteiger partial charge in [0.25, 0.3) is 0 Å². The summed E-state index contributed by atoms with van der Waals surface area (Å²) in [6.45, 7) is 4.51. The number of hydrogen-bond acceptors (Lipinski definition) is 3. The molecule has 0 atom stereocenters. The number of para-hydroxylation sites is 1. The predicted octanol–water partition coefficient (Wildman–Crippen LogP) is 5.34. The lowest BCUT2D eigenvalue weighted by atomic mass is 9.89. The molecule has 31 heavy (non-hydrogen) atoms. The highest BCUT2D eigenvalue weighted by Crippen LogP contribution is 2.32. The molecular weight excluding hydrogens is 435 g/mol. The van der Waals surface area contributed by atoms with Crippen LogP contribution in [0.25, 0.3) is 0 Å². The summed E-state index contributed by atoms with van der Waals surface area (Å²) in [7, 11) is 0. The second-order valence-electron chi connectivity index (χ2n) is 7.64. The van der Waals surface area contributed by atoms with E-state index in [1.807, 2.05) is 12.1 Å². The maximum Gasteiger partial charge on any atom is 0.321 e. The van der Waals surface area contributed by atoms with Crippen LogP contribution in [0.15, 0.2) is 42.5 Å². The fourth-order valence-electron chi connectivity index (χ4n) is 3.64. The van der Waals surface area contributed by atoms with Crippen molar-refractivity contribution in [3.8, 4) is 0 Å². The molecule has 3 N–H and O–H groups in total. The molecule has 0 bridgehead atoms. The highest BCUT2D eigenvalue weighted by atomic mass is 35.5. The molecule has 0 aromatic heterocycles. The van der Waals surface area contributed by atoms with E-state index in [0.717, 1.165) is 31.5 Å². The monoisotopic (exact) mass is 462 g/mol. The van der Waals surface area contributed by atoms with Gasteiger partial charge in [0, 0.05) is 18.8 Å². The van der Waals surface area contributed by atoms with Crippen LogP contribution >= 0.6 is 23.2 Å². The molecule has 166 valence electrons. The molecule has 1 saturated heterocycles. The lowest BCUT2D eigenvalue weighted by Crippen LogP contribution is -2.40. The molecule has 2 aromatic rings. The number of nitrogens with zero attached hydrogens (tertiary/aromatic N) is 1. The summed E-state index contributed by atoms with van der Waals surface area (Å²) >= 11 is 12.3. The SMILES string of the molecule is CCCNCC(=O)Nc1ccc(C2CCN(C(=O)Nc3c(Cl)cccc3Cl)CC2)cc1. The van der Waals surface area contributed by atoms with Gasteiger partial charge in [0.05, 0.1) is 22.3 Å². The number of likely N-dealkylation sites (tertiary alicyclic amines) is 1.